The van der Waals surface area contributed by atoms with Crippen LogP contribution in [-0.4, -0.2) is 38.8 Å². The van der Waals surface area contributed by atoms with Crippen LogP contribution in [0, 0.1) is 6.92 Å². The fourth-order valence-electron chi connectivity index (χ4n) is 2.80. The molecule has 7 heteroatoms. The average molecular weight is 289 g/mol. The van der Waals surface area contributed by atoms with Gasteiger partial charge >= 0.3 is 0 Å². The van der Waals surface area contributed by atoms with Gasteiger partial charge in [-0.3, -0.25) is 14.4 Å². The van der Waals surface area contributed by atoms with Crippen molar-refractivity contribution in [2.24, 2.45) is 7.05 Å². The molecule has 1 aliphatic heterocycles. The highest BCUT2D eigenvalue weighted by Crippen LogP contribution is 2.31. The second kappa shape index (κ2) is 5.69. The molecular formula is C14H19N5O2. The largest absolute Gasteiger partial charge is 0.360 e. The van der Waals surface area contributed by atoms with Crippen LogP contribution in [0.25, 0.3) is 0 Å². The van der Waals surface area contributed by atoms with E-state index in [9.17, 15) is 4.79 Å². The van der Waals surface area contributed by atoms with Gasteiger partial charge in [0.05, 0.1) is 12.7 Å². The van der Waals surface area contributed by atoms with E-state index in [1.54, 1.807) is 17.7 Å². The smallest absolute Gasteiger partial charge is 0.239 e. The average Bonchev–Trinajstić information content (AvgIpc) is 3.12. The lowest BCUT2D eigenvalue weighted by atomic mass is 10.1. The number of nitrogens with one attached hydrogen (secondary N) is 1. The van der Waals surface area contributed by atoms with Gasteiger partial charge in [-0.25, -0.2) is 0 Å². The third-order valence-corrected chi connectivity index (χ3v) is 3.72. The summed E-state index contributed by atoms with van der Waals surface area (Å²) >= 11 is 0. The molecule has 1 N–H and O–H groups in total. The number of aromatic nitrogens is 3. The Morgan fingerprint density at radius 1 is 1.57 bits per heavy atom. The van der Waals surface area contributed by atoms with Crippen molar-refractivity contribution in [3.05, 3.63) is 29.8 Å². The number of likely N-dealkylation sites (tertiary alicyclic amines) is 1. The molecule has 0 radical (unpaired) electrons. The van der Waals surface area contributed by atoms with Gasteiger partial charge in [-0.15, -0.1) is 0 Å². The second-order valence-electron chi connectivity index (χ2n) is 5.45. The van der Waals surface area contributed by atoms with Crippen molar-refractivity contribution < 1.29 is 9.32 Å². The maximum absolute atomic E-state index is 12.1. The maximum Gasteiger partial charge on any atom is 0.239 e. The SMILES string of the molecule is Cc1cc(NC(=O)CN2CCCC2c2cnn(C)c2)no1. The van der Waals surface area contributed by atoms with Gasteiger partial charge in [-0.1, -0.05) is 5.16 Å². The molecule has 1 unspecified atom stereocenters. The van der Waals surface area contributed by atoms with Crippen molar-refractivity contribution in [1.29, 1.82) is 0 Å². The molecule has 0 aromatic carbocycles. The van der Waals surface area contributed by atoms with E-state index < -0.39 is 0 Å². The van der Waals surface area contributed by atoms with Gasteiger partial charge in [0.25, 0.3) is 0 Å². The molecule has 3 heterocycles. The predicted molar refractivity (Wildman–Crippen MR) is 76.6 cm³/mol. The third kappa shape index (κ3) is 3.13. The molecule has 0 saturated carbocycles. The second-order valence-corrected chi connectivity index (χ2v) is 5.45. The summed E-state index contributed by atoms with van der Waals surface area (Å²) in [5.41, 5.74) is 1.17. The van der Waals surface area contributed by atoms with Crippen LogP contribution in [0.2, 0.25) is 0 Å². The molecule has 1 fully saturated rings. The molecule has 1 amide bonds. The van der Waals surface area contributed by atoms with Gasteiger partial charge in [0.15, 0.2) is 5.82 Å². The van der Waals surface area contributed by atoms with Crippen LogP contribution in [-0.2, 0) is 11.8 Å². The van der Waals surface area contributed by atoms with Gasteiger partial charge in [0.2, 0.25) is 5.91 Å². The summed E-state index contributed by atoms with van der Waals surface area (Å²) in [4.78, 5) is 14.3. The fraction of sp³-hybridized carbons (Fsp3) is 0.500. The van der Waals surface area contributed by atoms with Crippen LogP contribution >= 0.6 is 0 Å². The number of nitrogens with zero attached hydrogens (tertiary/aromatic N) is 4. The summed E-state index contributed by atoms with van der Waals surface area (Å²) in [7, 11) is 1.91. The first-order valence-electron chi connectivity index (χ1n) is 7.07. The number of anilines is 1. The van der Waals surface area contributed by atoms with E-state index >= 15 is 0 Å². The molecule has 1 saturated heterocycles. The van der Waals surface area contributed by atoms with Gasteiger partial charge in [-0.2, -0.15) is 5.10 Å². The summed E-state index contributed by atoms with van der Waals surface area (Å²) in [5, 5.41) is 10.7. The van der Waals surface area contributed by atoms with E-state index in [0.29, 0.717) is 18.1 Å². The highest BCUT2D eigenvalue weighted by molar-refractivity contribution is 5.91. The fourth-order valence-corrected chi connectivity index (χ4v) is 2.80. The van der Waals surface area contributed by atoms with Crippen LogP contribution in [0.1, 0.15) is 30.2 Å². The predicted octanol–water partition coefficient (Wildman–Crippen LogP) is 1.49. The minimum atomic E-state index is -0.0703. The number of hydrogen-bond acceptors (Lipinski definition) is 5. The molecule has 2 aromatic rings. The summed E-state index contributed by atoms with van der Waals surface area (Å²) in [6.45, 7) is 3.07. The Morgan fingerprint density at radius 2 is 2.43 bits per heavy atom. The quantitative estimate of drug-likeness (QED) is 0.923. The Balaban J connectivity index is 1.62. The Morgan fingerprint density at radius 3 is 3.10 bits per heavy atom. The lowest BCUT2D eigenvalue weighted by molar-refractivity contribution is -0.117. The van der Waals surface area contributed by atoms with Crippen molar-refractivity contribution in [3.63, 3.8) is 0 Å². The highest BCUT2D eigenvalue weighted by atomic mass is 16.5. The molecule has 2 aromatic heterocycles. The lowest BCUT2D eigenvalue weighted by Crippen LogP contribution is -2.32. The van der Waals surface area contributed by atoms with E-state index in [1.807, 2.05) is 19.4 Å². The maximum atomic E-state index is 12.1. The number of amides is 1. The van der Waals surface area contributed by atoms with E-state index in [4.69, 9.17) is 4.52 Å². The zero-order valence-corrected chi connectivity index (χ0v) is 12.2. The normalized spacial score (nSPS) is 19.0. The van der Waals surface area contributed by atoms with Crippen LogP contribution in [0.15, 0.2) is 23.0 Å². The van der Waals surface area contributed by atoms with Crippen molar-refractivity contribution in [2.45, 2.75) is 25.8 Å². The van der Waals surface area contributed by atoms with E-state index in [-0.39, 0.29) is 11.9 Å². The minimum absolute atomic E-state index is 0.0703. The van der Waals surface area contributed by atoms with Crippen LogP contribution in [0.3, 0.4) is 0 Å². The van der Waals surface area contributed by atoms with E-state index in [0.717, 1.165) is 19.4 Å². The third-order valence-electron chi connectivity index (χ3n) is 3.72. The van der Waals surface area contributed by atoms with Gasteiger partial charge in [0, 0.05) is 30.9 Å². The number of aryl methyl sites for hydroxylation is 2. The molecule has 0 spiro atoms. The zero-order valence-electron chi connectivity index (χ0n) is 12.2. The zero-order chi connectivity index (χ0) is 14.8. The summed E-state index contributed by atoms with van der Waals surface area (Å²) in [6.07, 6.45) is 6.04. The van der Waals surface area contributed by atoms with Crippen LogP contribution < -0.4 is 5.32 Å². The Labute approximate surface area is 122 Å². The molecule has 0 bridgehead atoms. The number of carbonyl (C=O) groups is 1. The molecule has 1 atom stereocenters. The summed E-state index contributed by atoms with van der Waals surface area (Å²) < 4.78 is 6.73. The van der Waals surface area contributed by atoms with E-state index in [1.165, 1.54) is 5.56 Å². The Kier molecular flexibility index (Phi) is 3.74. The van der Waals surface area contributed by atoms with Crippen LogP contribution in [0.4, 0.5) is 5.82 Å². The summed E-state index contributed by atoms with van der Waals surface area (Å²) in [5.74, 6) is 1.08. The highest BCUT2D eigenvalue weighted by Gasteiger charge is 2.28. The number of carbonyl (C=O) groups excluding carboxylic acids is 1. The standard InChI is InChI=1S/C14H19N5O2/c1-10-6-13(17-21-10)16-14(20)9-19-5-3-4-12(19)11-7-15-18(2)8-11/h6-8,12H,3-5,9H2,1-2H3,(H,16,17,20). The molecule has 1 aliphatic rings. The van der Waals surface area contributed by atoms with Crippen molar-refractivity contribution in [1.82, 2.24) is 19.8 Å². The first kappa shape index (κ1) is 13.8. The number of rotatable bonds is 4. The van der Waals surface area contributed by atoms with Crippen molar-refractivity contribution in [2.75, 3.05) is 18.4 Å². The van der Waals surface area contributed by atoms with Gasteiger partial charge in [0.1, 0.15) is 5.76 Å². The monoisotopic (exact) mass is 289 g/mol. The topological polar surface area (TPSA) is 76.2 Å². The summed E-state index contributed by atoms with van der Waals surface area (Å²) in [6, 6.07) is 1.98. The molecule has 0 aliphatic carbocycles. The molecule has 7 nitrogen and oxygen atoms in total. The van der Waals surface area contributed by atoms with Crippen molar-refractivity contribution in [3.8, 4) is 0 Å². The molecule has 112 valence electrons. The molecule has 21 heavy (non-hydrogen) atoms. The van der Waals surface area contributed by atoms with Gasteiger partial charge < -0.3 is 9.84 Å². The van der Waals surface area contributed by atoms with Crippen molar-refractivity contribution >= 4 is 11.7 Å². The lowest BCUT2D eigenvalue weighted by Gasteiger charge is -2.22. The van der Waals surface area contributed by atoms with Crippen LogP contribution in [0.5, 0.6) is 0 Å². The number of hydrogen-bond donors (Lipinski definition) is 1. The van der Waals surface area contributed by atoms with E-state index in [2.05, 4.69) is 20.5 Å². The Hall–Kier alpha value is -2.15. The minimum Gasteiger partial charge on any atom is -0.360 e. The van der Waals surface area contributed by atoms with Gasteiger partial charge in [-0.05, 0) is 26.3 Å². The first-order chi connectivity index (χ1) is 10.1. The Bertz CT molecular complexity index is 633. The molecular weight excluding hydrogens is 270 g/mol. The molecule has 3 rings (SSSR count). The first-order valence-corrected chi connectivity index (χ1v) is 7.07.